The SMILES string of the molecule is CCOC(C(=O)N(Cl)Cc1ccc(C(=N)N)cc1)c1c(F)ccc(OCCOC)c1F. The lowest BCUT2D eigenvalue weighted by molar-refractivity contribution is -0.139. The van der Waals surface area contributed by atoms with Gasteiger partial charge < -0.3 is 19.9 Å². The molecule has 0 bridgehead atoms. The standard InChI is InChI=1S/C21H24ClF2N3O4/c1-3-30-19(17-15(23)8-9-16(18(17)24)31-11-10-29-2)21(28)27(22)12-13-4-6-14(7-5-13)20(25)26/h4-9,19H,3,10-12H2,1-2H3,(H3,25,26). The monoisotopic (exact) mass is 455 g/mol. The zero-order valence-electron chi connectivity index (χ0n) is 17.2. The van der Waals surface area contributed by atoms with Crippen molar-refractivity contribution in [1.82, 2.24) is 4.42 Å². The number of halogens is 3. The first-order chi connectivity index (χ1) is 14.8. The highest BCUT2D eigenvalue weighted by atomic mass is 35.5. The predicted octanol–water partition coefficient (Wildman–Crippen LogP) is 3.53. The van der Waals surface area contributed by atoms with Crippen LogP contribution in [0.2, 0.25) is 0 Å². The normalized spacial score (nSPS) is 11.8. The summed E-state index contributed by atoms with van der Waals surface area (Å²) in [6.45, 7) is 1.80. The van der Waals surface area contributed by atoms with E-state index in [4.69, 9.17) is 37.1 Å². The fraction of sp³-hybridized carbons (Fsp3) is 0.333. The number of benzene rings is 2. The van der Waals surface area contributed by atoms with Crippen LogP contribution >= 0.6 is 11.8 Å². The van der Waals surface area contributed by atoms with E-state index < -0.39 is 29.2 Å². The van der Waals surface area contributed by atoms with Gasteiger partial charge in [0.05, 0.1) is 18.7 Å². The lowest BCUT2D eigenvalue weighted by Crippen LogP contribution is -2.30. The van der Waals surface area contributed by atoms with E-state index in [0.717, 1.165) is 16.6 Å². The molecule has 0 aliphatic rings. The van der Waals surface area contributed by atoms with E-state index in [0.29, 0.717) is 11.1 Å². The number of carbonyl (C=O) groups excluding carboxylic acids is 1. The highest BCUT2D eigenvalue weighted by molar-refractivity contribution is 6.21. The topological polar surface area (TPSA) is 97.9 Å². The van der Waals surface area contributed by atoms with Crippen molar-refractivity contribution in [2.24, 2.45) is 5.73 Å². The van der Waals surface area contributed by atoms with E-state index in [1.54, 1.807) is 31.2 Å². The molecule has 0 aliphatic heterocycles. The number of nitrogens with one attached hydrogen (secondary N) is 1. The van der Waals surface area contributed by atoms with Gasteiger partial charge in [-0.1, -0.05) is 24.3 Å². The van der Waals surface area contributed by atoms with Crippen LogP contribution in [-0.4, -0.2) is 43.1 Å². The zero-order chi connectivity index (χ0) is 23.0. The van der Waals surface area contributed by atoms with Gasteiger partial charge in [-0.15, -0.1) is 0 Å². The molecule has 0 aliphatic carbocycles. The van der Waals surface area contributed by atoms with Crippen LogP contribution in [0.3, 0.4) is 0 Å². The summed E-state index contributed by atoms with van der Waals surface area (Å²) in [7, 11) is 1.46. The summed E-state index contributed by atoms with van der Waals surface area (Å²) in [6.07, 6.45) is -1.61. The van der Waals surface area contributed by atoms with Crippen molar-refractivity contribution in [1.29, 1.82) is 5.41 Å². The zero-order valence-corrected chi connectivity index (χ0v) is 17.9. The third-order valence-corrected chi connectivity index (χ3v) is 4.57. The van der Waals surface area contributed by atoms with Gasteiger partial charge in [0.25, 0.3) is 5.91 Å². The highest BCUT2D eigenvalue weighted by Crippen LogP contribution is 2.32. The van der Waals surface area contributed by atoms with Crippen LogP contribution in [0.1, 0.15) is 29.7 Å². The molecule has 7 nitrogen and oxygen atoms in total. The first-order valence-electron chi connectivity index (χ1n) is 9.41. The van der Waals surface area contributed by atoms with Crippen molar-refractivity contribution in [2.75, 3.05) is 26.9 Å². The maximum Gasteiger partial charge on any atom is 0.271 e. The number of amides is 1. The number of hydrogen-bond acceptors (Lipinski definition) is 5. The molecule has 0 saturated heterocycles. The Morgan fingerprint density at radius 1 is 1.19 bits per heavy atom. The molecular formula is C21H24ClF2N3O4. The molecule has 10 heteroatoms. The van der Waals surface area contributed by atoms with Crippen LogP contribution in [0.25, 0.3) is 0 Å². The highest BCUT2D eigenvalue weighted by Gasteiger charge is 2.32. The number of amidine groups is 1. The molecule has 0 aromatic heterocycles. The summed E-state index contributed by atoms with van der Waals surface area (Å²) in [6, 6.07) is 8.62. The maximum absolute atomic E-state index is 15.0. The second-order valence-corrected chi connectivity index (χ2v) is 6.83. The van der Waals surface area contributed by atoms with E-state index >= 15 is 0 Å². The summed E-state index contributed by atoms with van der Waals surface area (Å²) in [5, 5.41) is 7.41. The Labute approximate surface area is 184 Å². The fourth-order valence-electron chi connectivity index (χ4n) is 2.74. The van der Waals surface area contributed by atoms with Crippen molar-refractivity contribution >= 4 is 23.5 Å². The summed E-state index contributed by atoms with van der Waals surface area (Å²) in [4.78, 5) is 12.9. The van der Waals surface area contributed by atoms with E-state index in [1.165, 1.54) is 7.11 Å². The van der Waals surface area contributed by atoms with Crippen molar-refractivity contribution in [2.45, 2.75) is 19.6 Å². The van der Waals surface area contributed by atoms with Gasteiger partial charge in [0.2, 0.25) is 0 Å². The molecule has 2 aromatic rings. The van der Waals surface area contributed by atoms with E-state index in [2.05, 4.69) is 0 Å². The van der Waals surface area contributed by atoms with Crippen LogP contribution in [0, 0.1) is 17.0 Å². The average Bonchev–Trinajstić information content (AvgIpc) is 2.74. The van der Waals surface area contributed by atoms with Crippen molar-refractivity contribution in [3.8, 4) is 5.75 Å². The van der Waals surface area contributed by atoms with E-state index in [9.17, 15) is 13.6 Å². The molecule has 1 unspecified atom stereocenters. The van der Waals surface area contributed by atoms with Crippen molar-refractivity contribution < 1.29 is 27.8 Å². The Bertz CT molecular complexity index is 912. The van der Waals surface area contributed by atoms with Crippen molar-refractivity contribution in [3.63, 3.8) is 0 Å². The van der Waals surface area contributed by atoms with E-state index in [-0.39, 0.29) is 38.0 Å². The molecule has 0 radical (unpaired) electrons. The number of carbonyl (C=O) groups is 1. The third-order valence-electron chi connectivity index (χ3n) is 4.28. The Balaban J connectivity index is 2.26. The van der Waals surface area contributed by atoms with Crippen LogP contribution in [0.5, 0.6) is 5.75 Å². The molecule has 0 heterocycles. The van der Waals surface area contributed by atoms with Gasteiger partial charge in [-0.2, -0.15) is 0 Å². The molecule has 0 spiro atoms. The van der Waals surface area contributed by atoms with Crippen molar-refractivity contribution in [3.05, 3.63) is 64.7 Å². The van der Waals surface area contributed by atoms with Gasteiger partial charge in [0.15, 0.2) is 17.7 Å². The summed E-state index contributed by atoms with van der Waals surface area (Å²) in [5.41, 5.74) is 5.97. The van der Waals surface area contributed by atoms with Gasteiger partial charge in [-0.3, -0.25) is 10.2 Å². The van der Waals surface area contributed by atoms with Crippen LogP contribution in [0.4, 0.5) is 8.78 Å². The molecule has 31 heavy (non-hydrogen) atoms. The second-order valence-electron chi connectivity index (χ2n) is 6.42. The summed E-state index contributed by atoms with van der Waals surface area (Å²) in [5.74, 6) is -3.17. The van der Waals surface area contributed by atoms with Crippen LogP contribution < -0.4 is 10.5 Å². The lowest BCUT2D eigenvalue weighted by atomic mass is 10.1. The van der Waals surface area contributed by atoms with Gasteiger partial charge in [-0.25, -0.2) is 13.2 Å². The number of nitrogens with two attached hydrogens (primary N) is 1. The molecule has 0 saturated carbocycles. The van der Waals surface area contributed by atoms with Crippen LogP contribution in [0.15, 0.2) is 36.4 Å². The quantitative estimate of drug-likeness (QED) is 0.234. The van der Waals surface area contributed by atoms with Crippen LogP contribution in [-0.2, 0) is 20.8 Å². The number of methoxy groups -OCH3 is 1. The molecule has 0 fully saturated rings. The van der Waals surface area contributed by atoms with E-state index in [1.807, 2.05) is 0 Å². The molecule has 1 amide bonds. The maximum atomic E-state index is 15.0. The number of hydrogen-bond donors (Lipinski definition) is 2. The Kier molecular flexibility index (Phi) is 9.17. The molecular weight excluding hydrogens is 432 g/mol. The average molecular weight is 456 g/mol. The Morgan fingerprint density at radius 2 is 1.87 bits per heavy atom. The minimum atomic E-state index is -1.61. The first kappa shape index (κ1) is 24.5. The lowest BCUT2D eigenvalue weighted by Gasteiger charge is -2.23. The van der Waals surface area contributed by atoms with Gasteiger partial charge in [0, 0.05) is 31.1 Å². The minimum absolute atomic E-state index is 0.0160. The number of nitrogens with zero attached hydrogens (tertiary/aromatic N) is 1. The fourth-order valence-corrected chi connectivity index (χ4v) is 2.96. The predicted molar refractivity (Wildman–Crippen MR) is 112 cm³/mol. The third kappa shape index (κ3) is 6.36. The van der Waals surface area contributed by atoms with Gasteiger partial charge in [-0.05, 0) is 24.6 Å². The molecule has 3 N–H and O–H groups in total. The smallest absolute Gasteiger partial charge is 0.271 e. The molecule has 1 atom stereocenters. The molecule has 168 valence electrons. The number of nitrogen functional groups attached to an aromatic ring is 1. The second kappa shape index (κ2) is 11.6. The van der Waals surface area contributed by atoms with Gasteiger partial charge in [0.1, 0.15) is 18.3 Å². The Morgan fingerprint density at radius 3 is 2.45 bits per heavy atom. The number of ether oxygens (including phenoxy) is 3. The molecule has 2 aromatic carbocycles. The van der Waals surface area contributed by atoms with Gasteiger partial charge >= 0.3 is 0 Å². The largest absolute Gasteiger partial charge is 0.488 e. The first-order valence-corrected chi connectivity index (χ1v) is 9.75. The summed E-state index contributed by atoms with van der Waals surface area (Å²) >= 11 is 6.14. The molecule has 2 rings (SSSR count). The summed E-state index contributed by atoms with van der Waals surface area (Å²) < 4.78 is 45.8. The minimum Gasteiger partial charge on any atom is -0.488 e. The Hall–Kier alpha value is -2.75. The number of rotatable bonds is 11.